The molecule has 2 aromatic rings. The third-order valence-electron chi connectivity index (χ3n) is 3.65. The average molecular weight is 318 g/mol. The first-order valence-corrected chi connectivity index (χ1v) is 7.19. The van der Waals surface area contributed by atoms with E-state index in [-0.39, 0.29) is 19.4 Å². The number of amides is 1. The first-order chi connectivity index (χ1) is 10.7. The van der Waals surface area contributed by atoms with E-state index >= 15 is 0 Å². The molecular formula is C16H12ClNO4. The van der Waals surface area contributed by atoms with E-state index in [1.807, 2.05) is 18.2 Å². The van der Waals surface area contributed by atoms with E-state index in [0.29, 0.717) is 28.6 Å². The van der Waals surface area contributed by atoms with E-state index in [4.69, 9.17) is 25.8 Å². The molecule has 0 saturated heterocycles. The zero-order valence-electron chi connectivity index (χ0n) is 11.5. The molecule has 1 amide bonds. The van der Waals surface area contributed by atoms with E-state index in [1.165, 1.54) is 0 Å². The summed E-state index contributed by atoms with van der Waals surface area (Å²) in [6.45, 7) is 0.872. The van der Waals surface area contributed by atoms with Crippen molar-refractivity contribution in [2.24, 2.45) is 0 Å². The maximum absolute atomic E-state index is 12.5. The summed E-state index contributed by atoms with van der Waals surface area (Å²) in [5.41, 5.74) is 1.48. The van der Waals surface area contributed by atoms with Gasteiger partial charge in [-0.3, -0.25) is 4.79 Å². The SMILES string of the molecule is O=C1c2ccc(Cl)cc2OCN1Cc1ccc2c(c1)OCO2. The van der Waals surface area contributed by atoms with Crippen LogP contribution < -0.4 is 14.2 Å². The molecule has 6 heteroatoms. The fourth-order valence-electron chi connectivity index (χ4n) is 2.55. The Morgan fingerprint density at radius 2 is 1.86 bits per heavy atom. The van der Waals surface area contributed by atoms with Gasteiger partial charge in [-0.25, -0.2) is 0 Å². The summed E-state index contributed by atoms with van der Waals surface area (Å²) in [4.78, 5) is 14.1. The van der Waals surface area contributed by atoms with Crippen molar-refractivity contribution >= 4 is 17.5 Å². The molecule has 22 heavy (non-hydrogen) atoms. The van der Waals surface area contributed by atoms with Gasteiger partial charge < -0.3 is 19.1 Å². The number of fused-ring (bicyclic) bond motifs is 2. The third-order valence-corrected chi connectivity index (χ3v) is 3.88. The lowest BCUT2D eigenvalue weighted by Crippen LogP contribution is -2.38. The highest BCUT2D eigenvalue weighted by atomic mass is 35.5. The van der Waals surface area contributed by atoms with Gasteiger partial charge in [0.1, 0.15) is 5.75 Å². The molecule has 0 radical (unpaired) electrons. The average Bonchev–Trinajstić information content (AvgIpc) is 2.97. The van der Waals surface area contributed by atoms with Crippen LogP contribution in [0, 0.1) is 0 Å². The molecule has 0 N–H and O–H groups in total. The number of rotatable bonds is 2. The van der Waals surface area contributed by atoms with Crippen LogP contribution >= 0.6 is 11.6 Å². The van der Waals surface area contributed by atoms with Crippen molar-refractivity contribution in [3.8, 4) is 17.2 Å². The summed E-state index contributed by atoms with van der Waals surface area (Å²) in [5.74, 6) is 1.88. The summed E-state index contributed by atoms with van der Waals surface area (Å²) >= 11 is 5.91. The highest BCUT2D eigenvalue weighted by Crippen LogP contribution is 2.34. The molecule has 5 nitrogen and oxygen atoms in total. The van der Waals surface area contributed by atoms with Gasteiger partial charge in [-0.15, -0.1) is 0 Å². The van der Waals surface area contributed by atoms with Crippen molar-refractivity contribution < 1.29 is 19.0 Å². The number of hydrogen-bond acceptors (Lipinski definition) is 4. The Bertz CT molecular complexity index is 762. The zero-order chi connectivity index (χ0) is 15.1. The molecule has 0 aliphatic carbocycles. The Morgan fingerprint density at radius 3 is 2.77 bits per heavy atom. The van der Waals surface area contributed by atoms with Gasteiger partial charge in [-0.05, 0) is 35.9 Å². The summed E-state index contributed by atoms with van der Waals surface area (Å²) in [6.07, 6.45) is 0. The maximum atomic E-state index is 12.5. The standard InChI is InChI=1S/C16H12ClNO4/c17-11-2-3-12-14(6-11)20-8-18(16(12)19)7-10-1-4-13-15(5-10)22-9-21-13/h1-6H,7-9H2. The molecule has 2 aliphatic heterocycles. The minimum Gasteiger partial charge on any atom is -0.472 e. The van der Waals surface area contributed by atoms with Gasteiger partial charge in [-0.2, -0.15) is 0 Å². The van der Waals surface area contributed by atoms with Crippen molar-refractivity contribution in [3.63, 3.8) is 0 Å². The van der Waals surface area contributed by atoms with E-state index in [1.54, 1.807) is 23.1 Å². The highest BCUT2D eigenvalue weighted by Gasteiger charge is 2.26. The fraction of sp³-hybridized carbons (Fsp3) is 0.188. The topological polar surface area (TPSA) is 48.0 Å². The number of carbonyl (C=O) groups excluding carboxylic acids is 1. The lowest BCUT2D eigenvalue weighted by molar-refractivity contribution is 0.0498. The van der Waals surface area contributed by atoms with Crippen LogP contribution in [-0.2, 0) is 6.54 Å². The van der Waals surface area contributed by atoms with Crippen LogP contribution in [0.1, 0.15) is 15.9 Å². The van der Waals surface area contributed by atoms with Crippen molar-refractivity contribution in [2.45, 2.75) is 6.54 Å². The fourth-order valence-corrected chi connectivity index (χ4v) is 2.71. The van der Waals surface area contributed by atoms with Gasteiger partial charge in [0.2, 0.25) is 6.79 Å². The summed E-state index contributed by atoms with van der Waals surface area (Å²) in [5, 5.41) is 0.552. The number of hydrogen-bond donors (Lipinski definition) is 0. The predicted octanol–water partition coefficient (Wildman–Crippen LogP) is 3.06. The van der Waals surface area contributed by atoms with Gasteiger partial charge in [0.05, 0.1) is 5.56 Å². The molecule has 112 valence electrons. The second-order valence-electron chi connectivity index (χ2n) is 5.10. The minimum atomic E-state index is -0.0735. The van der Waals surface area contributed by atoms with E-state index < -0.39 is 0 Å². The third kappa shape index (κ3) is 2.23. The van der Waals surface area contributed by atoms with Gasteiger partial charge in [0.15, 0.2) is 18.2 Å². The maximum Gasteiger partial charge on any atom is 0.260 e. The molecule has 0 aromatic heterocycles. The van der Waals surface area contributed by atoms with Crippen LogP contribution in [0.15, 0.2) is 36.4 Å². The van der Waals surface area contributed by atoms with E-state index in [0.717, 1.165) is 11.3 Å². The molecule has 0 atom stereocenters. The van der Waals surface area contributed by atoms with Crippen LogP contribution in [0.5, 0.6) is 17.2 Å². The van der Waals surface area contributed by atoms with Crippen molar-refractivity contribution in [2.75, 3.05) is 13.5 Å². The van der Waals surface area contributed by atoms with Crippen LogP contribution in [0.3, 0.4) is 0 Å². The smallest absolute Gasteiger partial charge is 0.260 e. The molecule has 2 aromatic carbocycles. The van der Waals surface area contributed by atoms with Gasteiger partial charge in [0.25, 0.3) is 5.91 Å². The lowest BCUT2D eigenvalue weighted by atomic mass is 10.1. The van der Waals surface area contributed by atoms with Gasteiger partial charge in [0, 0.05) is 11.6 Å². The number of benzene rings is 2. The second kappa shape index (κ2) is 5.10. The Kier molecular flexibility index (Phi) is 3.08. The lowest BCUT2D eigenvalue weighted by Gasteiger charge is -2.28. The number of nitrogens with zero attached hydrogens (tertiary/aromatic N) is 1. The van der Waals surface area contributed by atoms with Crippen molar-refractivity contribution in [1.82, 2.24) is 4.90 Å². The monoisotopic (exact) mass is 317 g/mol. The number of carbonyl (C=O) groups is 1. The Balaban J connectivity index is 1.57. The Hall–Kier alpha value is -2.40. The summed E-state index contributed by atoms with van der Waals surface area (Å²) < 4.78 is 16.3. The van der Waals surface area contributed by atoms with E-state index in [9.17, 15) is 4.79 Å². The van der Waals surface area contributed by atoms with Crippen molar-refractivity contribution in [1.29, 1.82) is 0 Å². The van der Waals surface area contributed by atoms with E-state index in [2.05, 4.69) is 0 Å². The largest absolute Gasteiger partial charge is 0.472 e. The molecular weight excluding hydrogens is 306 g/mol. The Labute approximate surface area is 132 Å². The quantitative estimate of drug-likeness (QED) is 0.854. The second-order valence-corrected chi connectivity index (χ2v) is 5.54. The number of ether oxygens (including phenoxy) is 3. The number of halogens is 1. The molecule has 0 bridgehead atoms. The molecule has 0 unspecified atom stereocenters. The van der Waals surface area contributed by atoms with Crippen molar-refractivity contribution in [3.05, 3.63) is 52.5 Å². The highest BCUT2D eigenvalue weighted by molar-refractivity contribution is 6.30. The molecule has 2 heterocycles. The predicted molar refractivity (Wildman–Crippen MR) is 79.4 cm³/mol. The molecule has 2 aliphatic rings. The van der Waals surface area contributed by atoms with Crippen LogP contribution in [0.2, 0.25) is 5.02 Å². The van der Waals surface area contributed by atoms with Crippen LogP contribution in [0.4, 0.5) is 0 Å². The molecule has 0 saturated carbocycles. The summed E-state index contributed by atoms with van der Waals surface area (Å²) in [6, 6.07) is 10.7. The molecule has 0 fully saturated rings. The minimum absolute atomic E-state index is 0.0735. The van der Waals surface area contributed by atoms with Crippen LogP contribution in [0.25, 0.3) is 0 Å². The van der Waals surface area contributed by atoms with Gasteiger partial charge >= 0.3 is 0 Å². The Morgan fingerprint density at radius 1 is 1.00 bits per heavy atom. The molecule has 0 spiro atoms. The zero-order valence-corrected chi connectivity index (χ0v) is 12.3. The van der Waals surface area contributed by atoms with Crippen LogP contribution in [-0.4, -0.2) is 24.3 Å². The first kappa shape index (κ1) is 13.3. The first-order valence-electron chi connectivity index (χ1n) is 6.81. The summed E-state index contributed by atoms with van der Waals surface area (Å²) in [7, 11) is 0. The normalized spacial score (nSPS) is 15.5. The van der Waals surface area contributed by atoms with Gasteiger partial charge in [-0.1, -0.05) is 17.7 Å². The molecule has 4 rings (SSSR count).